The van der Waals surface area contributed by atoms with Crippen molar-refractivity contribution in [3.63, 3.8) is 0 Å². The van der Waals surface area contributed by atoms with E-state index in [1.807, 2.05) is 13.8 Å². The maximum atomic E-state index is 11.1. The molecular weight excluding hydrogens is 246 g/mol. The number of nitrogens with zero attached hydrogens (tertiary/aromatic N) is 2. The number of hydrogen-bond donors (Lipinski definition) is 1. The Labute approximate surface area is 100 Å². The molecule has 1 N–H and O–H groups in total. The average molecular weight is 263 g/mol. The minimum Gasteiger partial charge on any atom is -0.309 e. The van der Waals surface area contributed by atoms with Gasteiger partial charge in [0, 0.05) is 12.3 Å². The molecule has 0 amide bonds. The van der Waals surface area contributed by atoms with Crippen molar-refractivity contribution in [3.05, 3.63) is 10.6 Å². The van der Waals surface area contributed by atoms with E-state index in [0.717, 1.165) is 17.1 Å². The van der Waals surface area contributed by atoms with Crippen LogP contribution in [0, 0.1) is 6.92 Å². The molecule has 1 aromatic heterocycles. The van der Waals surface area contributed by atoms with Crippen molar-refractivity contribution in [3.8, 4) is 0 Å². The second-order valence-electron chi connectivity index (χ2n) is 3.75. The Hall–Kier alpha value is -0.530. The topological polar surface area (TPSA) is 72.0 Å². The summed E-state index contributed by atoms with van der Waals surface area (Å²) in [5.41, 5.74) is 0.879. The van der Waals surface area contributed by atoms with Crippen LogP contribution in [0.3, 0.4) is 0 Å². The van der Waals surface area contributed by atoms with Gasteiger partial charge in [-0.25, -0.2) is 8.42 Å². The van der Waals surface area contributed by atoms with Crippen molar-refractivity contribution < 1.29 is 8.42 Å². The molecule has 0 aromatic carbocycles. The lowest BCUT2D eigenvalue weighted by molar-refractivity contribution is 0.534. The minimum absolute atomic E-state index is 0.0414. The Morgan fingerprint density at radius 2 is 2.19 bits per heavy atom. The molecule has 7 heteroatoms. The predicted octanol–water partition coefficient (Wildman–Crippen LogP) is 0.932. The summed E-state index contributed by atoms with van der Waals surface area (Å²) in [6.07, 6.45) is 1.82. The molecule has 1 aromatic rings. The molecule has 1 heterocycles. The Morgan fingerprint density at radius 3 is 2.62 bits per heavy atom. The normalized spacial score (nSPS) is 13.9. The molecule has 0 aliphatic carbocycles. The van der Waals surface area contributed by atoms with E-state index >= 15 is 0 Å². The third kappa shape index (κ3) is 4.15. The monoisotopic (exact) mass is 263 g/mol. The van der Waals surface area contributed by atoms with Crippen LogP contribution >= 0.6 is 11.5 Å². The van der Waals surface area contributed by atoms with E-state index < -0.39 is 9.84 Å². The van der Waals surface area contributed by atoms with Crippen molar-refractivity contribution in [1.29, 1.82) is 0 Å². The molecular formula is C9H17N3O2S2. The van der Waals surface area contributed by atoms with E-state index in [1.165, 1.54) is 17.8 Å². The maximum absolute atomic E-state index is 11.1. The first-order valence-electron chi connectivity index (χ1n) is 5.14. The quantitative estimate of drug-likeness (QED) is 0.826. The van der Waals surface area contributed by atoms with E-state index in [9.17, 15) is 8.42 Å². The molecule has 5 nitrogen and oxygen atoms in total. The third-order valence-electron chi connectivity index (χ3n) is 2.23. The molecule has 0 aliphatic rings. The number of nitrogens with one attached hydrogen (secondary N) is 1. The first kappa shape index (κ1) is 13.5. The summed E-state index contributed by atoms with van der Waals surface area (Å²) >= 11 is 1.33. The van der Waals surface area contributed by atoms with Crippen LogP contribution in [0.2, 0.25) is 0 Å². The standard InChI is InChI=1S/C9H17N3O2S2/c1-4-10-8(5-6-16(3,13)14)9-7(2)11-12-15-9/h8,10H,4-6H2,1-3H3. The fourth-order valence-corrected chi connectivity index (χ4v) is 2.88. The van der Waals surface area contributed by atoms with Gasteiger partial charge in [-0.1, -0.05) is 11.4 Å². The SMILES string of the molecule is CCNC(CCS(C)(=O)=O)c1snnc1C. The molecule has 0 saturated heterocycles. The maximum Gasteiger partial charge on any atom is 0.147 e. The molecule has 1 atom stereocenters. The summed E-state index contributed by atoms with van der Waals surface area (Å²) in [7, 11) is -2.92. The smallest absolute Gasteiger partial charge is 0.147 e. The molecule has 16 heavy (non-hydrogen) atoms. The molecule has 0 radical (unpaired) electrons. The van der Waals surface area contributed by atoms with Crippen LogP contribution in [-0.4, -0.2) is 36.6 Å². The lowest BCUT2D eigenvalue weighted by Gasteiger charge is -2.15. The fraction of sp³-hybridized carbons (Fsp3) is 0.778. The Kier molecular flexibility index (Phi) is 4.82. The molecule has 0 aliphatic heterocycles. The second kappa shape index (κ2) is 5.70. The van der Waals surface area contributed by atoms with Crippen molar-refractivity contribution in [2.45, 2.75) is 26.3 Å². The average Bonchev–Trinajstić information content (AvgIpc) is 2.57. The number of sulfone groups is 1. The first-order valence-corrected chi connectivity index (χ1v) is 7.97. The summed E-state index contributed by atoms with van der Waals surface area (Å²) < 4.78 is 26.1. The largest absolute Gasteiger partial charge is 0.309 e. The van der Waals surface area contributed by atoms with Crippen LogP contribution in [0.25, 0.3) is 0 Å². The number of hydrogen-bond acceptors (Lipinski definition) is 6. The summed E-state index contributed by atoms with van der Waals surface area (Å²) in [4.78, 5) is 1.03. The van der Waals surface area contributed by atoms with Crippen molar-refractivity contribution >= 4 is 21.4 Å². The highest BCUT2D eigenvalue weighted by molar-refractivity contribution is 7.90. The van der Waals surface area contributed by atoms with Gasteiger partial charge in [0.1, 0.15) is 9.84 Å². The molecule has 0 bridgehead atoms. The van der Waals surface area contributed by atoms with E-state index in [-0.39, 0.29) is 11.8 Å². The predicted molar refractivity (Wildman–Crippen MR) is 65.4 cm³/mol. The Bertz CT molecular complexity index is 428. The van der Waals surface area contributed by atoms with Gasteiger partial charge in [-0.2, -0.15) is 0 Å². The minimum atomic E-state index is -2.92. The lowest BCUT2D eigenvalue weighted by atomic mass is 10.1. The number of aryl methyl sites for hydroxylation is 1. The van der Waals surface area contributed by atoms with Crippen molar-refractivity contribution in [2.24, 2.45) is 0 Å². The van der Waals surface area contributed by atoms with Crippen LogP contribution in [0.5, 0.6) is 0 Å². The van der Waals surface area contributed by atoms with Gasteiger partial charge < -0.3 is 5.32 Å². The van der Waals surface area contributed by atoms with Crippen LogP contribution in [0.1, 0.15) is 30.0 Å². The zero-order chi connectivity index (χ0) is 12.2. The van der Waals surface area contributed by atoms with Gasteiger partial charge in [0.15, 0.2) is 0 Å². The molecule has 0 fully saturated rings. The van der Waals surface area contributed by atoms with Crippen LogP contribution in [0.15, 0.2) is 0 Å². The van der Waals surface area contributed by atoms with E-state index in [2.05, 4.69) is 14.9 Å². The van der Waals surface area contributed by atoms with Gasteiger partial charge in [0.2, 0.25) is 0 Å². The third-order valence-corrected chi connectivity index (χ3v) is 4.15. The highest BCUT2D eigenvalue weighted by Gasteiger charge is 2.18. The van der Waals surface area contributed by atoms with E-state index in [1.54, 1.807) is 0 Å². The fourth-order valence-electron chi connectivity index (χ4n) is 1.46. The highest BCUT2D eigenvalue weighted by atomic mass is 32.2. The van der Waals surface area contributed by atoms with Gasteiger partial charge in [-0.15, -0.1) is 5.10 Å². The molecule has 1 rings (SSSR count). The summed E-state index contributed by atoms with van der Waals surface area (Å²) in [6, 6.07) is 0.0414. The van der Waals surface area contributed by atoms with Crippen LogP contribution in [0.4, 0.5) is 0 Å². The Morgan fingerprint density at radius 1 is 1.50 bits per heavy atom. The highest BCUT2D eigenvalue weighted by Crippen LogP contribution is 2.23. The van der Waals surface area contributed by atoms with E-state index in [0.29, 0.717) is 6.42 Å². The van der Waals surface area contributed by atoms with Gasteiger partial charge in [-0.05, 0) is 31.4 Å². The van der Waals surface area contributed by atoms with E-state index in [4.69, 9.17) is 0 Å². The van der Waals surface area contributed by atoms with Gasteiger partial charge in [-0.3, -0.25) is 0 Å². The summed E-state index contributed by atoms with van der Waals surface area (Å²) in [5, 5.41) is 7.21. The van der Waals surface area contributed by atoms with Crippen LogP contribution < -0.4 is 5.32 Å². The Balaban J connectivity index is 2.72. The molecule has 92 valence electrons. The second-order valence-corrected chi connectivity index (χ2v) is 6.80. The molecule has 0 spiro atoms. The summed E-state index contributed by atoms with van der Waals surface area (Å²) in [5.74, 6) is 0.183. The van der Waals surface area contributed by atoms with Gasteiger partial charge in [0.25, 0.3) is 0 Å². The van der Waals surface area contributed by atoms with Crippen molar-refractivity contribution in [1.82, 2.24) is 14.9 Å². The van der Waals surface area contributed by atoms with Crippen LogP contribution in [-0.2, 0) is 9.84 Å². The number of aromatic nitrogens is 2. The first-order chi connectivity index (χ1) is 7.44. The zero-order valence-corrected chi connectivity index (χ0v) is 11.4. The summed E-state index contributed by atoms with van der Waals surface area (Å²) in [6.45, 7) is 4.69. The molecule has 0 saturated carbocycles. The zero-order valence-electron chi connectivity index (χ0n) is 9.73. The number of rotatable bonds is 6. The lowest BCUT2D eigenvalue weighted by Crippen LogP contribution is -2.23. The van der Waals surface area contributed by atoms with Crippen molar-refractivity contribution in [2.75, 3.05) is 18.6 Å². The molecule has 1 unspecified atom stereocenters. The van der Waals surface area contributed by atoms with Gasteiger partial charge in [0.05, 0.1) is 16.3 Å². The van der Waals surface area contributed by atoms with Gasteiger partial charge >= 0.3 is 0 Å².